The molecule has 2 aliphatic heterocycles. The Morgan fingerprint density at radius 2 is 2.13 bits per heavy atom. The molecule has 11 atom stereocenters. The second-order valence-electron chi connectivity index (χ2n) is 8.80. The normalized spacial score (nSPS) is 35.9. The largest absolute Gasteiger partial charge is 0.477 e. The summed E-state index contributed by atoms with van der Waals surface area (Å²) in [5.74, 6) is -6.38. The van der Waals surface area contributed by atoms with Gasteiger partial charge in [0.1, 0.15) is 36.5 Å². The average molecular weight is 582 g/mol. The first-order valence-corrected chi connectivity index (χ1v) is 12.7. The number of anilines is 1. The number of hydrogen-bond acceptors (Lipinski definition) is 15. The van der Waals surface area contributed by atoms with E-state index in [-0.39, 0.29) is 5.82 Å². The highest BCUT2D eigenvalue weighted by Gasteiger charge is 2.59. The number of ether oxygens (including phenoxy) is 2. The van der Waals surface area contributed by atoms with Crippen LogP contribution in [0.2, 0.25) is 0 Å². The van der Waals surface area contributed by atoms with Crippen LogP contribution < -0.4 is 11.4 Å². The zero-order valence-electron chi connectivity index (χ0n) is 20.0. The fourth-order valence-electron chi connectivity index (χ4n) is 4.11. The molecule has 3 rings (SSSR count). The van der Waals surface area contributed by atoms with Gasteiger partial charge in [0.15, 0.2) is 6.29 Å². The van der Waals surface area contributed by atoms with Gasteiger partial charge in [-0.15, -0.1) is 0 Å². The molecular formula is C18H27N6O14P. The van der Waals surface area contributed by atoms with E-state index in [1.165, 1.54) is 19.2 Å². The van der Waals surface area contributed by atoms with E-state index in [9.17, 15) is 44.6 Å². The first-order valence-electron chi connectivity index (χ1n) is 11.2. The monoisotopic (exact) mass is 582 g/mol. The molecule has 0 saturated carbocycles. The van der Waals surface area contributed by atoms with Crippen molar-refractivity contribution in [3.63, 3.8) is 0 Å². The molecule has 0 spiro atoms. The lowest BCUT2D eigenvalue weighted by Crippen LogP contribution is -2.63. The van der Waals surface area contributed by atoms with Gasteiger partial charge in [0.25, 0.3) is 5.79 Å². The van der Waals surface area contributed by atoms with Crippen molar-refractivity contribution in [3.8, 4) is 0 Å². The molecule has 20 nitrogen and oxygen atoms in total. The molecule has 2 fully saturated rings. The highest BCUT2D eigenvalue weighted by Crippen LogP contribution is 2.54. The van der Waals surface area contributed by atoms with E-state index in [1.807, 2.05) is 0 Å². The van der Waals surface area contributed by atoms with Gasteiger partial charge in [-0.2, -0.15) is 4.98 Å². The maximum absolute atomic E-state index is 12.9. The number of aliphatic hydroxyl groups excluding tert-OH is 5. The van der Waals surface area contributed by atoms with Gasteiger partial charge in [0.05, 0.1) is 18.8 Å². The summed E-state index contributed by atoms with van der Waals surface area (Å²) in [6.45, 7) is 0.337. The predicted octanol–water partition coefficient (Wildman–Crippen LogP) is -2.87. The van der Waals surface area contributed by atoms with Gasteiger partial charge in [-0.3, -0.25) is 9.09 Å². The lowest BCUT2D eigenvalue weighted by molar-refractivity contribution is -0.288. The molecule has 1 aromatic rings. The number of phosphoric acid groups is 1. The Morgan fingerprint density at radius 1 is 1.46 bits per heavy atom. The van der Waals surface area contributed by atoms with E-state index in [1.54, 1.807) is 0 Å². The SMILES string of the molecule is CC1C(O)C(OP(=O)(O)OC2(C(=O)O)CC(O)C(N=[N+]=[N-])C(C(O)C(O)CO)O2)OC1n1ccc(N)nc1=O. The van der Waals surface area contributed by atoms with Crippen LogP contribution >= 0.6 is 7.82 Å². The number of nitrogens with two attached hydrogens (primary N) is 1. The molecule has 9 N–H and O–H groups in total. The van der Waals surface area contributed by atoms with Crippen LogP contribution in [0.15, 0.2) is 22.2 Å². The van der Waals surface area contributed by atoms with Gasteiger partial charge >= 0.3 is 19.5 Å². The molecule has 0 amide bonds. The molecule has 0 aromatic carbocycles. The molecule has 2 saturated heterocycles. The van der Waals surface area contributed by atoms with Crippen molar-refractivity contribution in [1.29, 1.82) is 0 Å². The van der Waals surface area contributed by atoms with E-state index in [0.717, 1.165) is 4.57 Å². The number of azide groups is 1. The third-order valence-electron chi connectivity index (χ3n) is 6.13. The van der Waals surface area contributed by atoms with Crippen LogP contribution in [-0.2, 0) is 27.9 Å². The number of aromatic nitrogens is 2. The Hall–Kier alpha value is -2.71. The topological polar surface area (TPSA) is 322 Å². The standard InChI is InChI=1S/C18H27N6O14P/c1-6-11(28)15(35-14(6)24-3-2-9(19)21-17(24)32)37-39(33,34)38-18(16(30)31)4-7(26)10(22-23-20)13(36-18)12(29)8(27)5-25/h2-3,6-8,10-15,25-29H,4-5H2,1H3,(H,30,31)(H,33,34)(H2,19,21,32). The number of carbonyl (C=O) groups is 1. The van der Waals surface area contributed by atoms with Crippen LogP contribution in [0.3, 0.4) is 0 Å². The minimum absolute atomic E-state index is 0.102. The van der Waals surface area contributed by atoms with Gasteiger partial charge in [-0.05, 0) is 11.6 Å². The highest BCUT2D eigenvalue weighted by molar-refractivity contribution is 7.47. The minimum atomic E-state index is -5.60. The Morgan fingerprint density at radius 3 is 2.69 bits per heavy atom. The van der Waals surface area contributed by atoms with Crippen molar-refractivity contribution in [2.45, 2.75) is 68.2 Å². The zero-order valence-corrected chi connectivity index (χ0v) is 20.9. The Bertz CT molecular complexity index is 1210. The number of carboxylic acid groups (broad SMARTS) is 1. The van der Waals surface area contributed by atoms with Crippen molar-refractivity contribution in [2.75, 3.05) is 12.3 Å². The van der Waals surface area contributed by atoms with Crippen LogP contribution in [0.25, 0.3) is 10.4 Å². The third-order valence-corrected chi connectivity index (χ3v) is 7.13. The van der Waals surface area contributed by atoms with Crippen molar-refractivity contribution in [2.24, 2.45) is 11.0 Å². The highest BCUT2D eigenvalue weighted by atomic mass is 31.2. The fourth-order valence-corrected chi connectivity index (χ4v) is 5.16. The molecule has 1 aromatic heterocycles. The number of nitrogen functional groups attached to an aromatic ring is 1. The first-order chi connectivity index (χ1) is 18.2. The number of aliphatic carboxylic acids is 1. The second-order valence-corrected chi connectivity index (χ2v) is 10.1. The van der Waals surface area contributed by atoms with Gasteiger partial charge in [0, 0.05) is 23.4 Å². The summed E-state index contributed by atoms with van der Waals surface area (Å²) in [5, 5.41) is 63.2. The summed E-state index contributed by atoms with van der Waals surface area (Å²) >= 11 is 0. The fraction of sp³-hybridized carbons (Fsp3) is 0.722. The molecule has 0 bridgehead atoms. The van der Waals surface area contributed by atoms with Gasteiger partial charge in [0.2, 0.25) is 0 Å². The minimum Gasteiger partial charge on any atom is -0.477 e. The third kappa shape index (κ3) is 6.38. The number of hydrogen-bond donors (Lipinski definition) is 8. The van der Waals surface area contributed by atoms with Crippen molar-refractivity contribution >= 4 is 19.6 Å². The van der Waals surface area contributed by atoms with Crippen molar-refractivity contribution < 1.29 is 63.4 Å². The number of rotatable bonds is 10. The summed E-state index contributed by atoms with van der Waals surface area (Å²) in [7, 11) is -5.60. The molecule has 39 heavy (non-hydrogen) atoms. The lowest BCUT2D eigenvalue weighted by atomic mass is 9.89. The van der Waals surface area contributed by atoms with Crippen molar-refractivity contribution in [1.82, 2.24) is 9.55 Å². The Labute approximate surface area is 218 Å². The second kappa shape index (κ2) is 11.8. The first kappa shape index (κ1) is 30.8. The van der Waals surface area contributed by atoms with Crippen molar-refractivity contribution in [3.05, 3.63) is 33.2 Å². The van der Waals surface area contributed by atoms with E-state index in [0.29, 0.717) is 0 Å². The molecule has 2 aliphatic rings. The van der Waals surface area contributed by atoms with E-state index < -0.39 is 93.3 Å². The maximum atomic E-state index is 12.9. The van der Waals surface area contributed by atoms with Crippen LogP contribution in [0.4, 0.5) is 5.82 Å². The molecular weight excluding hydrogens is 555 g/mol. The zero-order chi connectivity index (χ0) is 29.3. The summed E-state index contributed by atoms with van der Waals surface area (Å²) in [5.41, 5.74) is 13.3. The summed E-state index contributed by atoms with van der Waals surface area (Å²) in [6, 6.07) is -0.475. The van der Waals surface area contributed by atoms with Crippen LogP contribution in [0.1, 0.15) is 19.6 Å². The number of nitrogens with zero attached hydrogens (tertiary/aromatic N) is 5. The number of carboxylic acids is 1. The predicted molar refractivity (Wildman–Crippen MR) is 122 cm³/mol. The summed E-state index contributed by atoms with van der Waals surface area (Å²) in [4.78, 5) is 40.7. The van der Waals surface area contributed by atoms with Gasteiger partial charge in [-0.1, -0.05) is 12.0 Å². The average Bonchev–Trinajstić information content (AvgIpc) is 3.12. The molecule has 21 heteroatoms. The smallest absolute Gasteiger partial charge is 0.477 e. The van der Waals surface area contributed by atoms with Crippen LogP contribution in [0, 0.1) is 5.92 Å². The molecule has 3 heterocycles. The van der Waals surface area contributed by atoms with Crippen LogP contribution in [-0.4, -0.2) is 106 Å². The summed E-state index contributed by atoms with van der Waals surface area (Å²) in [6.07, 6.45) is -13.0. The molecule has 0 aliphatic carbocycles. The molecule has 218 valence electrons. The number of aliphatic hydroxyl groups is 5. The number of phosphoric ester groups is 1. The Balaban J connectivity index is 1.86. The van der Waals surface area contributed by atoms with E-state index >= 15 is 0 Å². The Kier molecular flexibility index (Phi) is 9.33. The van der Waals surface area contributed by atoms with Gasteiger partial charge < -0.3 is 50.7 Å². The van der Waals surface area contributed by atoms with Crippen LogP contribution in [0.5, 0.6) is 0 Å². The molecule has 11 unspecified atom stereocenters. The maximum Gasteiger partial charge on any atom is 0.477 e. The molecule has 0 radical (unpaired) electrons. The van der Waals surface area contributed by atoms with E-state index in [4.69, 9.17) is 34.9 Å². The lowest BCUT2D eigenvalue weighted by Gasteiger charge is -2.45. The van der Waals surface area contributed by atoms with Gasteiger partial charge in [-0.25, -0.2) is 18.7 Å². The van der Waals surface area contributed by atoms with E-state index in [2.05, 4.69) is 15.0 Å². The quantitative estimate of drug-likeness (QED) is 0.0595. The summed E-state index contributed by atoms with van der Waals surface area (Å²) < 4.78 is 34.0.